The molecule has 0 saturated carbocycles. The summed E-state index contributed by atoms with van der Waals surface area (Å²) in [4.78, 5) is 13.8. The lowest BCUT2D eigenvalue weighted by Gasteiger charge is -2.24. The van der Waals surface area contributed by atoms with Crippen LogP contribution >= 0.6 is 23.2 Å². The fourth-order valence-electron chi connectivity index (χ4n) is 1.63. The standard InChI is InChI=1S/C15H17Cl2NO2/c1-4-8-18(9-5-2)15(19)11(3)20-14-7-6-12(16)10-13(14)17/h4-7,10-11H,1-2,8-9H2,3H3/t11-/m0/s1. The third kappa shape index (κ3) is 4.58. The Morgan fingerprint density at radius 3 is 2.45 bits per heavy atom. The minimum atomic E-state index is -0.659. The maximum Gasteiger partial charge on any atom is 0.263 e. The van der Waals surface area contributed by atoms with Gasteiger partial charge < -0.3 is 9.64 Å². The summed E-state index contributed by atoms with van der Waals surface area (Å²) in [6.45, 7) is 9.80. The number of nitrogens with zero attached hydrogens (tertiary/aromatic N) is 1. The maximum atomic E-state index is 12.2. The van der Waals surface area contributed by atoms with E-state index in [2.05, 4.69) is 13.2 Å². The molecule has 0 radical (unpaired) electrons. The molecule has 0 aromatic heterocycles. The highest BCUT2D eigenvalue weighted by Crippen LogP contribution is 2.28. The highest BCUT2D eigenvalue weighted by Gasteiger charge is 2.21. The SMILES string of the molecule is C=CCN(CC=C)C(=O)[C@H](C)Oc1ccc(Cl)cc1Cl. The van der Waals surface area contributed by atoms with Crippen molar-refractivity contribution in [1.82, 2.24) is 4.90 Å². The van der Waals surface area contributed by atoms with Crippen molar-refractivity contribution in [3.63, 3.8) is 0 Å². The summed E-state index contributed by atoms with van der Waals surface area (Å²) >= 11 is 11.8. The van der Waals surface area contributed by atoms with E-state index in [4.69, 9.17) is 27.9 Å². The van der Waals surface area contributed by atoms with Gasteiger partial charge in [0.05, 0.1) is 5.02 Å². The second kappa shape index (κ2) is 7.98. The molecule has 3 nitrogen and oxygen atoms in total. The van der Waals surface area contributed by atoms with E-state index < -0.39 is 6.10 Å². The van der Waals surface area contributed by atoms with E-state index >= 15 is 0 Å². The molecular weight excluding hydrogens is 297 g/mol. The van der Waals surface area contributed by atoms with Crippen LogP contribution in [0.25, 0.3) is 0 Å². The third-order valence-corrected chi connectivity index (χ3v) is 3.09. The lowest BCUT2D eigenvalue weighted by Crippen LogP contribution is -2.40. The zero-order valence-electron chi connectivity index (χ0n) is 11.3. The summed E-state index contributed by atoms with van der Waals surface area (Å²) in [6.07, 6.45) is 2.65. The molecule has 0 aliphatic heterocycles. The summed E-state index contributed by atoms with van der Waals surface area (Å²) in [5.41, 5.74) is 0. The van der Waals surface area contributed by atoms with Crippen LogP contribution in [0.1, 0.15) is 6.92 Å². The van der Waals surface area contributed by atoms with E-state index in [0.717, 1.165) is 0 Å². The predicted octanol–water partition coefficient (Wildman–Crippen LogP) is 3.96. The van der Waals surface area contributed by atoms with E-state index in [9.17, 15) is 4.79 Å². The van der Waals surface area contributed by atoms with Gasteiger partial charge in [0, 0.05) is 18.1 Å². The van der Waals surface area contributed by atoms with Gasteiger partial charge in [-0.3, -0.25) is 4.79 Å². The molecule has 0 heterocycles. The first kappa shape index (κ1) is 16.6. The van der Waals surface area contributed by atoms with Crippen LogP contribution < -0.4 is 4.74 Å². The number of benzene rings is 1. The number of hydrogen-bond donors (Lipinski definition) is 0. The van der Waals surface area contributed by atoms with Gasteiger partial charge in [0.2, 0.25) is 0 Å². The van der Waals surface area contributed by atoms with Gasteiger partial charge in [-0.05, 0) is 25.1 Å². The number of rotatable bonds is 7. The molecule has 5 heteroatoms. The Bertz CT molecular complexity index is 493. The molecule has 0 spiro atoms. The van der Waals surface area contributed by atoms with Crippen LogP contribution in [0.4, 0.5) is 0 Å². The number of carbonyl (C=O) groups excluding carboxylic acids is 1. The number of carbonyl (C=O) groups is 1. The lowest BCUT2D eigenvalue weighted by molar-refractivity contribution is -0.136. The third-order valence-electron chi connectivity index (χ3n) is 2.56. The molecule has 1 amide bonds. The predicted molar refractivity (Wildman–Crippen MR) is 83.5 cm³/mol. The van der Waals surface area contributed by atoms with Crippen molar-refractivity contribution >= 4 is 29.1 Å². The zero-order valence-corrected chi connectivity index (χ0v) is 12.8. The van der Waals surface area contributed by atoms with E-state index in [0.29, 0.717) is 28.9 Å². The molecule has 0 fully saturated rings. The summed E-state index contributed by atoms with van der Waals surface area (Å²) in [6, 6.07) is 4.87. The summed E-state index contributed by atoms with van der Waals surface area (Å²) < 4.78 is 5.59. The lowest BCUT2D eigenvalue weighted by atomic mass is 10.3. The first-order chi connectivity index (χ1) is 9.49. The van der Waals surface area contributed by atoms with Crippen molar-refractivity contribution in [3.8, 4) is 5.75 Å². The summed E-state index contributed by atoms with van der Waals surface area (Å²) in [5, 5.41) is 0.886. The number of halogens is 2. The maximum absolute atomic E-state index is 12.2. The number of amides is 1. The van der Waals surface area contributed by atoms with Gasteiger partial charge in [-0.15, -0.1) is 13.2 Å². The molecule has 20 heavy (non-hydrogen) atoms. The molecule has 0 N–H and O–H groups in total. The highest BCUT2D eigenvalue weighted by molar-refractivity contribution is 6.35. The monoisotopic (exact) mass is 313 g/mol. The fraction of sp³-hybridized carbons (Fsp3) is 0.267. The van der Waals surface area contributed by atoms with E-state index in [-0.39, 0.29) is 5.91 Å². The Kier molecular flexibility index (Phi) is 6.62. The van der Waals surface area contributed by atoms with E-state index in [1.807, 2.05) is 0 Å². The Morgan fingerprint density at radius 2 is 1.95 bits per heavy atom. The molecule has 1 atom stereocenters. The number of ether oxygens (including phenoxy) is 1. The molecule has 0 saturated heterocycles. The molecule has 0 aliphatic carbocycles. The minimum absolute atomic E-state index is 0.157. The largest absolute Gasteiger partial charge is 0.479 e. The van der Waals surface area contributed by atoms with Gasteiger partial charge in [-0.2, -0.15) is 0 Å². The molecule has 1 aromatic carbocycles. The van der Waals surface area contributed by atoms with Gasteiger partial charge in [0.1, 0.15) is 5.75 Å². The van der Waals surface area contributed by atoms with Crippen molar-refractivity contribution in [3.05, 3.63) is 53.6 Å². The Hall–Kier alpha value is -1.45. The van der Waals surface area contributed by atoms with Crippen molar-refractivity contribution in [2.45, 2.75) is 13.0 Å². The molecule has 0 aliphatic rings. The Labute approximate surface area is 129 Å². The average molecular weight is 314 g/mol. The Balaban J connectivity index is 2.77. The fourth-order valence-corrected chi connectivity index (χ4v) is 2.09. The molecule has 1 rings (SSSR count). The molecule has 1 aromatic rings. The van der Waals surface area contributed by atoms with Crippen LogP contribution in [0.3, 0.4) is 0 Å². The van der Waals surface area contributed by atoms with Crippen LogP contribution in [-0.2, 0) is 4.79 Å². The van der Waals surface area contributed by atoms with Crippen LogP contribution in [0.15, 0.2) is 43.5 Å². The second-order valence-electron chi connectivity index (χ2n) is 4.16. The summed E-state index contributed by atoms with van der Waals surface area (Å²) in [7, 11) is 0. The van der Waals surface area contributed by atoms with Gasteiger partial charge in [0.25, 0.3) is 5.91 Å². The highest BCUT2D eigenvalue weighted by atomic mass is 35.5. The van der Waals surface area contributed by atoms with Crippen LogP contribution in [-0.4, -0.2) is 30.0 Å². The van der Waals surface area contributed by atoms with Crippen molar-refractivity contribution < 1.29 is 9.53 Å². The number of hydrogen-bond acceptors (Lipinski definition) is 2. The van der Waals surface area contributed by atoms with Gasteiger partial charge >= 0.3 is 0 Å². The minimum Gasteiger partial charge on any atom is -0.479 e. The van der Waals surface area contributed by atoms with E-state index in [1.165, 1.54) is 0 Å². The van der Waals surface area contributed by atoms with Crippen LogP contribution in [0.2, 0.25) is 10.0 Å². The van der Waals surface area contributed by atoms with Gasteiger partial charge in [-0.1, -0.05) is 35.4 Å². The first-order valence-electron chi connectivity index (χ1n) is 6.12. The van der Waals surface area contributed by atoms with Crippen LogP contribution in [0, 0.1) is 0 Å². The molecule has 0 bridgehead atoms. The second-order valence-corrected chi connectivity index (χ2v) is 5.00. The zero-order chi connectivity index (χ0) is 15.1. The molecule has 0 unspecified atom stereocenters. The van der Waals surface area contributed by atoms with Crippen molar-refractivity contribution in [2.75, 3.05) is 13.1 Å². The smallest absolute Gasteiger partial charge is 0.263 e. The van der Waals surface area contributed by atoms with E-state index in [1.54, 1.807) is 42.2 Å². The van der Waals surface area contributed by atoms with Gasteiger partial charge in [0.15, 0.2) is 6.10 Å². The normalized spacial score (nSPS) is 11.6. The van der Waals surface area contributed by atoms with Crippen molar-refractivity contribution in [1.29, 1.82) is 0 Å². The van der Waals surface area contributed by atoms with Crippen molar-refractivity contribution in [2.24, 2.45) is 0 Å². The first-order valence-corrected chi connectivity index (χ1v) is 6.87. The molecular formula is C15H17Cl2NO2. The quantitative estimate of drug-likeness (QED) is 0.713. The summed E-state index contributed by atoms with van der Waals surface area (Å²) in [5.74, 6) is 0.268. The topological polar surface area (TPSA) is 29.5 Å². The van der Waals surface area contributed by atoms with Gasteiger partial charge in [-0.25, -0.2) is 0 Å². The molecule has 108 valence electrons. The van der Waals surface area contributed by atoms with Crippen LogP contribution in [0.5, 0.6) is 5.75 Å². The average Bonchev–Trinajstić information content (AvgIpc) is 2.40. The Morgan fingerprint density at radius 1 is 1.35 bits per heavy atom.